The maximum absolute atomic E-state index is 12.4. The Bertz CT molecular complexity index is 655. The molecule has 1 amide bonds. The Morgan fingerprint density at radius 1 is 1.27 bits per heavy atom. The molecule has 0 spiro atoms. The average molecular weight is 315 g/mol. The molecule has 0 saturated carbocycles. The molecule has 116 valence electrons. The Kier molecular flexibility index (Phi) is 4.43. The van der Waals surface area contributed by atoms with Gasteiger partial charge >= 0.3 is 0 Å². The predicted molar refractivity (Wildman–Crippen MR) is 91.9 cm³/mol. The van der Waals surface area contributed by atoms with Crippen LogP contribution in [0.25, 0.3) is 0 Å². The Morgan fingerprint density at radius 3 is 2.86 bits per heavy atom. The zero-order valence-electron chi connectivity index (χ0n) is 13.0. The van der Waals surface area contributed by atoms with E-state index < -0.39 is 0 Å². The molecule has 0 atom stereocenters. The Labute approximate surface area is 135 Å². The number of aryl methyl sites for hydroxylation is 2. The van der Waals surface area contributed by atoms with Gasteiger partial charge in [-0.15, -0.1) is 11.3 Å². The van der Waals surface area contributed by atoms with Gasteiger partial charge in [0, 0.05) is 22.2 Å². The molecule has 2 aromatic rings. The first kappa shape index (κ1) is 15.0. The molecule has 0 bridgehead atoms. The smallest absolute Gasteiger partial charge is 0.257 e. The molecule has 0 saturated heterocycles. The summed E-state index contributed by atoms with van der Waals surface area (Å²) in [6.07, 6.45) is 4.56. The van der Waals surface area contributed by atoms with Gasteiger partial charge in [0.2, 0.25) is 0 Å². The Balaban J connectivity index is 1.72. The summed E-state index contributed by atoms with van der Waals surface area (Å²) in [4.78, 5) is 18.3. The second-order valence-corrected chi connectivity index (χ2v) is 7.01. The number of carbonyl (C=O) groups excluding carboxylic acids is 1. The summed E-state index contributed by atoms with van der Waals surface area (Å²) in [5, 5.41) is 6.97. The van der Waals surface area contributed by atoms with E-state index in [1.165, 1.54) is 23.4 Å². The van der Waals surface area contributed by atoms with E-state index in [9.17, 15) is 4.79 Å². The van der Waals surface area contributed by atoms with Crippen molar-refractivity contribution in [2.75, 3.05) is 10.6 Å². The van der Waals surface area contributed by atoms with Crippen molar-refractivity contribution >= 4 is 28.1 Å². The Morgan fingerprint density at radius 2 is 2.09 bits per heavy atom. The number of nitrogens with zero attached hydrogens (tertiary/aromatic N) is 1. The fourth-order valence-corrected chi connectivity index (χ4v) is 3.70. The van der Waals surface area contributed by atoms with Gasteiger partial charge in [-0.05, 0) is 57.7 Å². The minimum absolute atomic E-state index is 0.0986. The summed E-state index contributed by atoms with van der Waals surface area (Å²) in [7, 11) is 0. The third-order valence-corrected chi connectivity index (χ3v) is 4.72. The van der Waals surface area contributed by atoms with Crippen LogP contribution in [0, 0.1) is 0 Å². The molecule has 0 radical (unpaired) electrons. The van der Waals surface area contributed by atoms with E-state index in [0.29, 0.717) is 11.6 Å². The van der Waals surface area contributed by atoms with Crippen molar-refractivity contribution in [1.82, 2.24) is 4.98 Å². The maximum atomic E-state index is 12.4. The molecule has 1 aromatic heterocycles. The molecule has 5 heteroatoms. The zero-order chi connectivity index (χ0) is 15.5. The van der Waals surface area contributed by atoms with Crippen LogP contribution in [0.4, 0.5) is 10.8 Å². The molecule has 0 unspecified atom stereocenters. The van der Waals surface area contributed by atoms with Gasteiger partial charge < -0.3 is 5.32 Å². The molecule has 2 N–H and O–H groups in total. The number of aromatic nitrogens is 1. The van der Waals surface area contributed by atoms with Crippen LogP contribution >= 0.6 is 11.3 Å². The third-order valence-electron chi connectivity index (χ3n) is 3.65. The van der Waals surface area contributed by atoms with E-state index in [1.807, 2.05) is 24.3 Å². The molecule has 22 heavy (non-hydrogen) atoms. The summed E-state index contributed by atoms with van der Waals surface area (Å²) in [6, 6.07) is 7.91. The molecular formula is C17H21N3OS. The highest BCUT2D eigenvalue weighted by atomic mass is 32.1. The van der Waals surface area contributed by atoms with E-state index in [4.69, 9.17) is 0 Å². The van der Waals surface area contributed by atoms with Gasteiger partial charge in [-0.1, -0.05) is 6.07 Å². The van der Waals surface area contributed by atoms with Crippen molar-refractivity contribution in [2.45, 2.75) is 45.6 Å². The molecule has 1 heterocycles. The van der Waals surface area contributed by atoms with Crippen LogP contribution < -0.4 is 10.6 Å². The van der Waals surface area contributed by atoms with Crippen LogP contribution in [-0.4, -0.2) is 16.9 Å². The topological polar surface area (TPSA) is 54.0 Å². The molecule has 1 aliphatic carbocycles. The van der Waals surface area contributed by atoms with Crippen molar-refractivity contribution in [3.05, 3.63) is 40.4 Å². The van der Waals surface area contributed by atoms with Crippen LogP contribution in [-0.2, 0) is 12.8 Å². The summed E-state index contributed by atoms with van der Waals surface area (Å²) in [6.45, 7) is 4.15. The van der Waals surface area contributed by atoms with E-state index in [2.05, 4.69) is 29.5 Å². The van der Waals surface area contributed by atoms with Gasteiger partial charge in [0.1, 0.15) is 0 Å². The fourth-order valence-electron chi connectivity index (χ4n) is 2.66. The lowest BCUT2D eigenvalue weighted by Crippen LogP contribution is -2.14. The largest absolute Gasteiger partial charge is 0.383 e. The standard InChI is InChI=1S/C17H21N3OS/c1-11(2)18-13-7-5-6-12(10-13)16(21)20-17-19-14-8-3-4-9-15(14)22-17/h5-7,10-11,18H,3-4,8-9H2,1-2H3,(H,19,20,21). The lowest BCUT2D eigenvalue weighted by atomic mass is 10.0. The van der Waals surface area contributed by atoms with Gasteiger partial charge in [0.25, 0.3) is 5.91 Å². The highest BCUT2D eigenvalue weighted by Crippen LogP contribution is 2.29. The molecule has 1 aromatic carbocycles. The normalized spacial score (nSPS) is 13.8. The quantitative estimate of drug-likeness (QED) is 0.893. The van der Waals surface area contributed by atoms with Gasteiger partial charge in [0.05, 0.1) is 5.69 Å². The number of nitrogens with one attached hydrogen (secondary N) is 2. The number of carbonyl (C=O) groups is 1. The monoisotopic (exact) mass is 315 g/mol. The molecule has 0 aliphatic heterocycles. The van der Waals surface area contributed by atoms with Gasteiger partial charge in [0.15, 0.2) is 5.13 Å². The number of amides is 1. The SMILES string of the molecule is CC(C)Nc1cccc(C(=O)Nc2nc3c(s2)CCCC3)c1. The molecule has 0 fully saturated rings. The first-order valence-corrected chi connectivity index (χ1v) is 8.60. The van der Waals surface area contributed by atoms with Crippen molar-refractivity contribution < 1.29 is 4.79 Å². The number of fused-ring (bicyclic) bond motifs is 1. The van der Waals surface area contributed by atoms with Gasteiger partial charge in [-0.25, -0.2) is 4.98 Å². The van der Waals surface area contributed by atoms with Crippen molar-refractivity contribution in [3.63, 3.8) is 0 Å². The Hall–Kier alpha value is -1.88. The highest BCUT2D eigenvalue weighted by molar-refractivity contribution is 7.15. The average Bonchev–Trinajstić information content (AvgIpc) is 2.89. The zero-order valence-corrected chi connectivity index (χ0v) is 13.8. The van der Waals surface area contributed by atoms with Crippen LogP contribution in [0.1, 0.15) is 47.6 Å². The van der Waals surface area contributed by atoms with Crippen LogP contribution in [0.5, 0.6) is 0 Å². The van der Waals surface area contributed by atoms with Crippen LogP contribution in [0.3, 0.4) is 0 Å². The first-order valence-electron chi connectivity index (χ1n) is 7.78. The molecule has 3 rings (SSSR count). The van der Waals surface area contributed by atoms with Crippen molar-refractivity contribution in [3.8, 4) is 0 Å². The second kappa shape index (κ2) is 6.48. The van der Waals surface area contributed by atoms with E-state index in [0.717, 1.165) is 23.7 Å². The third kappa shape index (κ3) is 3.47. The predicted octanol–water partition coefficient (Wildman–Crippen LogP) is 4.09. The summed E-state index contributed by atoms with van der Waals surface area (Å²) >= 11 is 1.61. The first-order chi connectivity index (χ1) is 10.6. The molecule has 4 nitrogen and oxygen atoms in total. The van der Waals surface area contributed by atoms with Crippen LogP contribution in [0.15, 0.2) is 24.3 Å². The molecule has 1 aliphatic rings. The number of rotatable bonds is 4. The van der Waals surface area contributed by atoms with E-state index in [-0.39, 0.29) is 5.91 Å². The summed E-state index contributed by atoms with van der Waals surface area (Å²) < 4.78 is 0. The minimum Gasteiger partial charge on any atom is -0.383 e. The van der Waals surface area contributed by atoms with Gasteiger partial charge in [-0.3, -0.25) is 10.1 Å². The number of thiazole rings is 1. The van der Waals surface area contributed by atoms with Crippen LogP contribution in [0.2, 0.25) is 0 Å². The number of anilines is 2. The highest BCUT2D eigenvalue weighted by Gasteiger charge is 2.17. The van der Waals surface area contributed by atoms with Gasteiger partial charge in [-0.2, -0.15) is 0 Å². The molecular weight excluding hydrogens is 294 g/mol. The van der Waals surface area contributed by atoms with E-state index in [1.54, 1.807) is 11.3 Å². The maximum Gasteiger partial charge on any atom is 0.257 e. The number of hydrogen-bond acceptors (Lipinski definition) is 4. The lowest BCUT2D eigenvalue weighted by Gasteiger charge is -2.10. The van der Waals surface area contributed by atoms with Crippen molar-refractivity contribution in [2.24, 2.45) is 0 Å². The summed E-state index contributed by atoms with van der Waals surface area (Å²) in [5.74, 6) is -0.0986. The fraction of sp³-hybridized carbons (Fsp3) is 0.412. The summed E-state index contributed by atoms with van der Waals surface area (Å²) in [5.41, 5.74) is 2.78. The lowest BCUT2D eigenvalue weighted by molar-refractivity contribution is 0.102. The minimum atomic E-state index is -0.0986. The van der Waals surface area contributed by atoms with Crippen molar-refractivity contribution in [1.29, 1.82) is 0 Å². The number of benzene rings is 1. The number of hydrogen-bond donors (Lipinski definition) is 2. The second-order valence-electron chi connectivity index (χ2n) is 5.93. The van der Waals surface area contributed by atoms with E-state index >= 15 is 0 Å².